The van der Waals surface area contributed by atoms with Gasteiger partial charge in [-0.2, -0.15) is 0 Å². The number of ether oxygens (including phenoxy) is 2. The predicted molar refractivity (Wildman–Crippen MR) is 93.6 cm³/mol. The van der Waals surface area contributed by atoms with Crippen LogP contribution in [0.5, 0.6) is 0 Å². The molecule has 1 amide bonds. The lowest BCUT2D eigenvalue weighted by atomic mass is 10.1. The van der Waals surface area contributed by atoms with E-state index in [1.165, 1.54) is 13.2 Å². The number of amides is 1. The second-order valence-electron chi connectivity index (χ2n) is 6.05. The van der Waals surface area contributed by atoms with Gasteiger partial charge in [0.25, 0.3) is 0 Å². The fraction of sp³-hybridized carbons (Fsp3) is 0.474. The number of benzene rings is 1. The summed E-state index contributed by atoms with van der Waals surface area (Å²) in [6, 6.07) is 7.85. The van der Waals surface area contributed by atoms with E-state index in [-0.39, 0.29) is 30.8 Å². The van der Waals surface area contributed by atoms with Crippen molar-refractivity contribution in [2.45, 2.75) is 52.8 Å². The van der Waals surface area contributed by atoms with Gasteiger partial charge >= 0.3 is 12.1 Å². The van der Waals surface area contributed by atoms with E-state index in [0.717, 1.165) is 11.1 Å². The number of rotatable bonds is 7. The first kappa shape index (κ1) is 19.7. The van der Waals surface area contributed by atoms with Crippen LogP contribution in [-0.4, -0.2) is 36.2 Å². The lowest BCUT2D eigenvalue weighted by molar-refractivity contribution is -0.134. The molecule has 5 heteroatoms. The smallest absolute Gasteiger partial charge is 0.410 e. The molecule has 0 aliphatic rings. The Morgan fingerprint density at radius 2 is 1.67 bits per heavy atom. The molecule has 1 rings (SSSR count). The maximum absolute atomic E-state index is 12.3. The number of esters is 1. The molecule has 0 fully saturated rings. The van der Waals surface area contributed by atoms with Crippen LogP contribution in [-0.2, 0) is 27.3 Å². The molecule has 0 aliphatic heterocycles. The van der Waals surface area contributed by atoms with Crippen molar-refractivity contribution in [3.63, 3.8) is 0 Å². The monoisotopic (exact) mass is 333 g/mol. The Hall–Kier alpha value is -2.30. The Morgan fingerprint density at radius 1 is 1.08 bits per heavy atom. The molecule has 1 aromatic rings. The van der Waals surface area contributed by atoms with Gasteiger partial charge in [0.15, 0.2) is 0 Å². The van der Waals surface area contributed by atoms with E-state index in [9.17, 15) is 9.59 Å². The number of hydrogen-bond acceptors (Lipinski definition) is 4. The van der Waals surface area contributed by atoms with Gasteiger partial charge in [-0.3, -0.25) is 0 Å². The minimum Gasteiger partial charge on any atom is -0.466 e. The number of carbonyl (C=O) groups is 2. The van der Waals surface area contributed by atoms with Crippen LogP contribution in [0.25, 0.3) is 0 Å². The van der Waals surface area contributed by atoms with Gasteiger partial charge in [-0.1, -0.05) is 30.3 Å². The lowest BCUT2D eigenvalue weighted by Gasteiger charge is -2.29. The second kappa shape index (κ2) is 9.75. The van der Waals surface area contributed by atoms with Gasteiger partial charge < -0.3 is 14.4 Å². The molecule has 0 spiro atoms. The molecule has 0 atom stereocenters. The molecule has 132 valence electrons. The van der Waals surface area contributed by atoms with Crippen molar-refractivity contribution in [3.8, 4) is 0 Å². The molecule has 1 aromatic carbocycles. The summed E-state index contributed by atoms with van der Waals surface area (Å²) in [4.78, 5) is 25.1. The number of carbonyl (C=O) groups excluding carboxylic acids is 2. The summed E-state index contributed by atoms with van der Waals surface area (Å²) in [5.41, 5.74) is 1.93. The highest BCUT2D eigenvalue weighted by atomic mass is 16.6. The minimum absolute atomic E-state index is 0.0794. The summed E-state index contributed by atoms with van der Waals surface area (Å²) in [5, 5.41) is 0. The molecule has 0 unspecified atom stereocenters. The van der Waals surface area contributed by atoms with Gasteiger partial charge in [-0.25, -0.2) is 9.59 Å². The Morgan fingerprint density at radius 3 is 2.21 bits per heavy atom. The Labute approximate surface area is 144 Å². The average molecular weight is 333 g/mol. The fourth-order valence-corrected chi connectivity index (χ4v) is 2.48. The third-order valence-electron chi connectivity index (χ3n) is 3.59. The number of methoxy groups -OCH3 is 1. The SMILES string of the molecule is COC(=O)/C=C/Cc1ccccc1COC(=O)N(C(C)C)C(C)C. The summed E-state index contributed by atoms with van der Waals surface area (Å²) in [6.07, 6.45) is 3.38. The van der Waals surface area contributed by atoms with E-state index < -0.39 is 0 Å². The van der Waals surface area contributed by atoms with Crippen LogP contribution >= 0.6 is 0 Å². The molecular formula is C19H27NO4. The Balaban J connectivity index is 2.73. The molecule has 24 heavy (non-hydrogen) atoms. The molecule has 0 radical (unpaired) electrons. The van der Waals surface area contributed by atoms with Crippen LogP contribution in [0.3, 0.4) is 0 Å². The van der Waals surface area contributed by atoms with Crippen LogP contribution < -0.4 is 0 Å². The van der Waals surface area contributed by atoms with E-state index in [1.54, 1.807) is 11.0 Å². The predicted octanol–water partition coefficient (Wildman–Crippen LogP) is 3.71. The zero-order chi connectivity index (χ0) is 18.1. The number of nitrogens with zero attached hydrogens (tertiary/aromatic N) is 1. The molecule has 0 saturated heterocycles. The first-order valence-electron chi connectivity index (χ1n) is 8.13. The van der Waals surface area contributed by atoms with E-state index >= 15 is 0 Å². The summed E-state index contributed by atoms with van der Waals surface area (Å²) < 4.78 is 10.0. The second-order valence-corrected chi connectivity index (χ2v) is 6.05. The minimum atomic E-state index is -0.386. The summed E-state index contributed by atoms with van der Waals surface area (Å²) in [7, 11) is 1.34. The van der Waals surface area contributed by atoms with E-state index in [1.807, 2.05) is 52.0 Å². The summed E-state index contributed by atoms with van der Waals surface area (Å²) in [5.74, 6) is -0.386. The summed E-state index contributed by atoms with van der Waals surface area (Å²) >= 11 is 0. The highest BCUT2D eigenvalue weighted by Crippen LogP contribution is 2.14. The zero-order valence-electron chi connectivity index (χ0n) is 15.1. The van der Waals surface area contributed by atoms with Gasteiger partial charge in [-0.05, 0) is 45.2 Å². The van der Waals surface area contributed by atoms with Crippen molar-refractivity contribution in [2.24, 2.45) is 0 Å². The van der Waals surface area contributed by atoms with Crippen LogP contribution in [0, 0.1) is 0 Å². The molecule has 0 N–H and O–H groups in total. The van der Waals surface area contributed by atoms with E-state index in [4.69, 9.17) is 4.74 Å². The van der Waals surface area contributed by atoms with Crippen LogP contribution in [0.4, 0.5) is 4.79 Å². The largest absolute Gasteiger partial charge is 0.466 e. The fourth-order valence-electron chi connectivity index (χ4n) is 2.48. The Bertz CT molecular complexity index is 570. The topological polar surface area (TPSA) is 55.8 Å². The van der Waals surface area contributed by atoms with E-state index in [2.05, 4.69) is 4.74 Å². The lowest BCUT2D eigenvalue weighted by Crippen LogP contribution is -2.42. The maximum Gasteiger partial charge on any atom is 0.410 e. The zero-order valence-corrected chi connectivity index (χ0v) is 15.1. The molecule has 5 nitrogen and oxygen atoms in total. The molecule has 0 aliphatic carbocycles. The van der Waals surface area contributed by atoms with Crippen molar-refractivity contribution >= 4 is 12.1 Å². The average Bonchev–Trinajstić information content (AvgIpc) is 2.53. The van der Waals surface area contributed by atoms with E-state index in [0.29, 0.717) is 6.42 Å². The molecule has 0 saturated carbocycles. The van der Waals surface area contributed by atoms with Gasteiger partial charge in [0, 0.05) is 18.2 Å². The third kappa shape index (κ3) is 6.07. The molecule has 0 heterocycles. The third-order valence-corrected chi connectivity index (χ3v) is 3.59. The van der Waals surface area contributed by atoms with Crippen LogP contribution in [0.1, 0.15) is 38.8 Å². The van der Waals surface area contributed by atoms with Gasteiger partial charge in [-0.15, -0.1) is 0 Å². The standard InChI is InChI=1S/C19H27NO4/c1-14(2)20(15(3)4)19(22)24-13-17-10-7-6-9-16(17)11-8-12-18(21)23-5/h6-10,12,14-15H,11,13H2,1-5H3/b12-8+. The highest BCUT2D eigenvalue weighted by Gasteiger charge is 2.21. The maximum atomic E-state index is 12.3. The van der Waals surface area contributed by atoms with Crippen molar-refractivity contribution in [1.82, 2.24) is 4.90 Å². The van der Waals surface area contributed by atoms with Crippen molar-refractivity contribution in [1.29, 1.82) is 0 Å². The molecule has 0 aromatic heterocycles. The Kier molecular flexibility index (Phi) is 8.02. The van der Waals surface area contributed by atoms with Crippen molar-refractivity contribution in [2.75, 3.05) is 7.11 Å². The van der Waals surface area contributed by atoms with Crippen LogP contribution in [0.15, 0.2) is 36.4 Å². The summed E-state index contributed by atoms with van der Waals surface area (Å²) in [6.45, 7) is 8.07. The molecular weight excluding hydrogens is 306 g/mol. The quantitative estimate of drug-likeness (QED) is 0.564. The van der Waals surface area contributed by atoms with Crippen LogP contribution in [0.2, 0.25) is 0 Å². The van der Waals surface area contributed by atoms with Crippen molar-refractivity contribution in [3.05, 3.63) is 47.5 Å². The van der Waals surface area contributed by atoms with Gasteiger partial charge in [0.05, 0.1) is 7.11 Å². The van der Waals surface area contributed by atoms with Crippen molar-refractivity contribution < 1.29 is 19.1 Å². The van der Waals surface area contributed by atoms with Gasteiger partial charge in [0.1, 0.15) is 6.61 Å². The van der Waals surface area contributed by atoms with Gasteiger partial charge in [0.2, 0.25) is 0 Å². The first-order valence-corrected chi connectivity index (χ1v) is 8.13. The normalized spacial score (nSPS) is 11.1. The number of hydrogen-bond donors (Lipinski definition) is 0. The highest BCUT2D eigenvalue weighted by molar-refractivity contribution is 5.81. The molecule has 0 bridgehead atoms. The first-order chi connectivity index (χ1) is 11.4. The number of allylic oxidation sites excluding steroid dienone is 1.